The SMILES string of the molecule is CC1(C)OC(COS(N)(=O)=O)C(c2ccccc2Cl)O1. The molecule has 2 atom stereocenters. The molecule has 1 aromatic carbocycles. The Hall–Kier alpha value is -0.700. The molecule has 0 radical (unpaired) electrons. The Balaban J connectivity index is 2.23. The molecule has 1 aromatic rings. The van der Waals surface area contributed by atoms with Crippen molar-refractivity contribution < 1.29 is 22.1 Å². The number of halogens is 1. The molecule has 0 saturated carbocycles. The molecule has 0 aromatic heterocycles. The maximum Gasteiger partial charge on any atom is 0.333 e. The summed E-state index contributed by atoms with van der Waals surface area (Å²) in [5.41, 5.74) is 0.711. The molecule has 2 unspecified atom stereocenters. The molecular weight excluding hydrogens is 306 g/mol. The number of hydrogen-bond acceptors (Lipinski definition) is 5. The predicted molar refractivity (Wildman–Crippen MR) is 73.3 cm³/mol. The highest BCUT2D eigenvalue weighted by atomic mass is 35.5. The van der Waals surface area contributed by atoms with E-state index in [-0.39, 0.29) is 6.61 Å². The molecule has 0 bridgehead atoms. The van der Waals surface area contributed by atoms with Crippen LogP contribution in [0.4, 0.5) is 0 Å². The van der Waals surface area contributed by atoms with Crippen molar-refractivity contribution in [3.05, 3.63) is 34.9 Å². The summed E-state index contributed by atoms with van der Waals surface area (Å²) < 4.78 is 37.8. The van der Waals surface area contributed by atoms with Crippen LogP contribution in [0, 0.1) is 0 Å². The van der Waals surface area contributed by atoms with Gasteiger partial charge >= 0.3 is 10.3 Å². The Bertz CT molecular complexity index is 589. The molecule has 1 saturated heterocycles. The lowest BCUT2D eigenvalue weighted by Gasteiger charge is -2.17. The average molecular weight is 322 g/mol. The topological polar surface area (TPSA) is 87.9 Å². The van der Waals surface area contributed by atoms with Crippen LogP contribution >= 0.6 is 11.6 Å². The first-order valence-corrected chi connectivity index (χ1v) is 7.80. The van der Waals surface area contributed by atoms with Crippen molar-refractivity contribution >= 4 is 21.9 Å². The van der Waals surface area contributed by atoms with Crippen molar-refractivity contribution in [3.8, 4) is 0 Å². The second-order valence-electron chi connectivity index (χ2n) is 4.89. The van der Waals surface area contributed by atoms with E-state index < -0.39 is 28.3 Å². The third kappa shape index (κ3) is 3.91. The van der Waals surface area contributed by atoms with E-state index in [0.717, 1.165) is 0 Å². The van der Waals surface area contributed by atoms with Crippen LogP contribution in [0.1, 0.15) is 25.5 Å². The highest BCUT2D eigenvalue weighted by Gasteiger charge is 2.43. The van der Waals surface area contributed by atoms with Crippen molar-refractivity contribution in [2.75, 3.05) is 6.61 Å². The van der Waals surface area contributed by atoms with Crippen molar-refractivity contribution in [2.24, 2.45) is 5.14 Å². The monoisotopic (exact) mass is 321 g/mol. The molecule has 6 nitrogen and oxygen atoms in total. The van der Waals surface area contributed by atoms with E-state index in [1.807, 2.05) is 6.07 Å². The standard InChI is InChI=1S/C12H16ClNO5S/c1-12(2)18-10(7-17-20(14,15)16)11(19-12)8-5-3-4-6-9(8)13/h3-6,10-11H,7H2,1-2H3,(H2,14,15,16). The third-order valence-electron chi connectivity index (χ3n) is 2.79. The first kappa shape index (κ1) is 15.7. The zero-order valence-electron chi connectivity index (χ0n) is 11.1. The largest absolute Gasteiger partial charge is 0.342 e. The lowest BCUT2D eigenvalue weighted by atomic mass is 10.1. The van der Waals surface area contributed by atoms with Gasteiger partial charge in [0.1, 0.15) is 12.2 Å². The van der Waals surface area contributed by atoms with Gasteiger partial charge in [0.15, 0.2) is 5.79 Å². The molecule has 1 heterocycles. The minimum atomic E-state index is -4.03. The summed E-state index contributed by atoms with van der Waals surface area (Å²) in [4.78, 5) is 0. The second-order valence-corrected chi connectivity index (χ2v) is 6.52. The third-order valence-corrected chi connectivity index (χ3v) is 3.60. The zero-order chi connectivity index (χ0) is 15.0. The first-order chi connectivity index (χ1) is 9.18. The Labute approximate surface area is 123 Å². The highest BCUT2D eigenvalue weighted by Crippen LogP contribution is 2.40. The van der Waals surface area contributed by atoms with E-state index in [0.29, 0.717) is 10.6 Å². The van der Waals surface area contributed by atoms with E-state index >= 15 is 0 Å². The fourth-order valence-corrected chi connectivity index (χ4v) is 2.66. The van der Waals surface area contributed by atoms with E-state index in [9.17, 15) is 8.42 Å². The van der Waals surface area contributed by atoms with Crippen LogP contribution in [0.5, 0.6) is 0 Å². The molecule has 1 aliphatic heterocycles. The summed E-state index contributed by atoms with van der Waals surface area (Å²) >= 11 is 6.13. The van der Waals surface area contributed by atoms with Gasteiger partial charge in [-0.25, -0.2) is 5.14 Å². The van der Waals surface area contributed by atoms with Crippen LogP contribution in [0.2, 0.25) is 5.02 Å². The maximum atomic E-state index is 10.9. The minimum Gasteiger partial charge on any atom is -0.342 e. The molecule has 0 amide bonds. The summed E-state index contributed by atoms with van der Waals surface area (Å²) in [7, 11) is -4.03. The molecular formula is C12H16ClNO5S. The molecule has 0 spiro atoms. The van der Waals surface area contributed by atoms with Gasteiger partial charge in [-0.1, -0.05) is 29.8 Å². The average Bonchev–Trinajstić information content (AvgIpc) is 2.62. The van der Waals surface area contributed by atoms with Gasteiger partial charge in [0.25, 0.3) is 0 Å². The van der Waals surface area contributed by atoms with Crippen LogP contribution in [-0.2, 0) is 24.0 Å². The first-order valence-electron chi connectivity index (χ1n) is 5.95. The Morgan fingerprint density at radius 2 is 2.00 bits per heavy atom. The number of benzene rings is 1. The summed E-state index contributed by atoms with van der Waals surface area (Å²) in [5.74, 6) is -0.865. The van der Waals surface area contributed by atoms with Gasteiger partial charge in [-0.05, 0) is 19.9 Å². The van der Waals surface area contributed by atoms with Gasteiger partial charge in [-0.15, -0.1) is 0 Å². The van der Waals surface area contributed by atoms with E-state index in [2.05, 4.69) is 4.18 Å². The fourth-order valence-electron chi connectivity index (χ4n) is 2.09. The van der Waals surface area contributed by atoms with E-state index in [1.165, 1.54) is 0 Å². The van der Waals surface area contributed by atoms with Crippen LogP contribution in [0.25, 0.3) is 0 Å². The molecule has 2 rings (SSSR count). The Kier molecular flexibility index (Phi) is 4.38. The molecule has 112 valence electrons. The van der Waals surface area contributed by atoms with Crippen molar-refractivity contribution in [1.82, 2.24) is 0 Å². The van der Waals surface area contributed by atoms with E-state index in [1.54, 1.807) is 32.0 Å². The molecule has 20 heavy (non-hydrogen) atoms. The number of ether oxygens (including phenoxy) is 2. The number of rotatable bonds is 4. The van der Waals surface area contributed by atoms with Crippen LogP contribution in [0.15, 0.2) is 24.3 Å². The summed E-state index contributed by atoms with van der Waals surface area (Å²) in [6, 6.07) is 7.13. The van der Waals surface area contributed by atoms with Gasteiger partial charge in [-0.2, -0.15) is 8.42 Å². The van der Waals surface area contributed by atoms with Gasteiger partial charge in [-0.3, -0.25) is 4.18 Å². The molecule has 8 heteroatoms. The Morgan fingerprint density at radius 1 is 1.35 bits per heavy atom. The van der Waals surface area contributed by atoms with Gasteiger partial charge < -0.3 is 9.47 Å². The minimum absolute atomic E-state index is 0.238. The van der Waals surface area contributed by atoms with Gasteiger partial charge in [0.05, 0.1) is 6.61 Å². The quantitative estimate of drug-likeness (QED) is 0.912. The number of nitrogens with two attached hydrogens (primary N) is 1. The van der Waals surface area contributed by atoms with Crippen LogP contribution in [-0.4, -0.2) is 26.9 Å². The summed E-state index contributed by atoms with van der Waals surface area (Å²) in [5, 5.41) is 5.34. The lowest BCUT2D eigenvalue weighted by molar-refractivity contribution is -0.148. The summed E-state index contributed by atoms with van der Waals surface area (Å²) in [6.07, 6.45) is -1.15. The zero-order valence-corrected chi connectivity index (χ0v) is 12.6. The van der Waals surface area contributed by atoms with Gasteiger partial charge in [0, 0.05) is 10.6 Å². The van der Waals surface area contributed by atoms with E-state index in [4.69, 9.17) is 26.2 Å². The molecule has 2 N–H and O–H groups in total. The van der Waals surface area contributed by atoms with Crippen LogP contribution < -0.4 is 5.14 Å². The fraction of sp³-hybridized carbons (Fsp3) is 0.500. The smallest absolute Gasteiger partial charge is 0.333 e. The summed E-state index contributed by atoms with van der Waals surface area (Å²) in [6.45, 7) is 3.22. The van der Waals surface area contributed by atoms with Crippen molar-refractivity contribution in [3.63, 3.8) is 0 Å². The highest BCUT2D eigenvalue weighted by molar-refractivity contribution is 7.84. The van der Waals surface area contributed by atoms with Crippen molar-refractivity contribution in [2.45, 2.75) is 31.8 Å². The predicted octanol–water partition coefficient (Wildman–Crippen LogP) is 1.75. The molecule has 0 aliphatic carbocycles. The molecule has 1 fully saturated rings. The van der Waals surface area contributed by atoms with Crippen LogP contribution in [0.3, 0.4) is 0 Å². The Morgan fingerprint density at radius 3 is 2.60 bits per heavy atom. The normalized spacial score (nSPS) is 25.8. The maximum absolute atomic E-state index is 10.9. The van der Waals surface area contributed by atoms with Gasteiger partial charge in [0.2, 0.25) is 0 Å². The number of hydrogen-bond donors (Lipinski definition) is 1. The molecule has 1 aliphatic rings. The lowest BCUT2D eigenvalue weighted by Crippen LogP contribution is -2.28. The second kappa shape index (κ2) is 5.59. The van der Waals surface area contributed by atoms with Crippen molar-refractivity contribution in [1.29, 1.82) is 0 Å².